The van der Waals surface area contributed by atoms with Gasteiger partial charge < -0.3 is 16.0 Å². The number of piperazine rings is 1. The van der Waals surface area contributed by atoms with Gasteiger partial charge in [0.2, 0.25) is 5.91 Å². The highest BCUT2D eigenvalue weighted by molar-refractivity contribution is 5.78. The van der Waals surface area contributed by atoms with Crippen molar-refractivity contribution in [3.63, 3.8) is 0 Å². The Hall–Kier alpha value is -1.75. The van der Waals surface area contributed by atoms with Crippen molar-refractivity contribution in [1.29, 1.82) is 0 Å². The topological polar surface area (TPSA) is 61.6 Å². The Morgan fingerprint density at radius 3 is 2.38 bits per heavy atom. The number of nitrogens with one attached hydrogen (secondary N) is 1. The largest absolute Gasteiger partial charge is 0.399 e. The van der Waals surface area contributed by atoms with Crippen molar-refractivity contribution in [2.24, 2.45) is 5.92 Å². The molecular weight excluding hydrogens is 264 g/mol. The third-order valence-electron chi connectivity index (χ3n) is 3.71. The van der Waals surface area contributed by atoms with Crippen molar-refractivity contribution in [2.75, 3.05) is 49.9 Å². The number of amides is 1. The molecule has 5 heteroatoms. The first-order valence-corrected chi connectivity index (χ1v) is 7.64. The second-order valence-electron chi connectivity index (χ2n) is 6.05. The molecule has 1 aliphatic heterocycles. The zero-order chi connectivity index (χ0) is 15.2. The molecule has 116 valence electrons. The molecule has 0 bridgehead atoms. The molecule has 0 unspecified atom stereocenters. The SMILES string of the molecule is CC(C)CNC(=O)CN1CCN(c2ccc(N)cc2)CC1. The van der Waals surface area contributed by atoms with Crippen molar-refractivity contribution in [3.8, 4) is 0 Å². The number of hydrogen-bond acceptors (Lipinski definition) is 4. The van der Waals surface area contributed by atoms with Crippen LogP contribution in [-0.4, -0.2) is 50.1 Å². The lowest BCUT2D eigenvalue weighted by Gasteiger charge is -2.35. The van der Waals surface area contributed by atoms with Crippen LogP contribution >= 0.6 is 0 Å². The molecule has 1 aromatic rings. The van der Waals surface area contributed by atoms with E-state index >= 15 is 0 Å². The lowest BCUT2D eigenvalue weighted by Crippen LogP contribution is -2.49. The molecule has 1 saturated heterocycles. The van der Waals surface area contributed by atoms with Crippen molar-refractivity contribution < 1.29 is 4.79 Å². The van der Waals surface area contributed by atoms with Gasteiger partial charge in [0, 0.05) is 44.1 Å². The Bertz CT molecular complexity index is 450. The fraction of sp³-hybridized carbons (Fsp3) is 0.562. The average Bonchev–Trinajstić information content (AvgIpc) is 2.47. The van der Waals surface area contributed by atoms with Crippen LogP contribution in [0.25, 0.3) is 0 Å². The Kier molecular flexibility index (Phi) is 5.44. The molecule has 1 aromatic carbocycles. The van der Waals surface area contributed by atoms with Crippen LogP contribution in [0.4, 0.5) is 11.4 Å². The van der Waals surface area contributed by atoms with E-state index in [0.717, 1.165) is 38.4 Å². The van der Waals surface area contributed by atoms with Gasteiger partial charge in [-0.3, -0.25) is 9.69 Å². The van der Waals surface area contributed by atoms with Gasteiger partial charge in [0.1, 0.15) is 0 Å². The van der Waals surface area contributed by atoms with E-state index in [1.807, 2.05) is 12.1 Å². The van der Waals surface area contributed by atoms with Gasteiger partial charge in [-0.2, -0.15) is 0 Å². The van der Waals surface area contributed by atoms with Gasteiger partial charge in [-0.05, 0) is 30.2 Å². The van der Waals surface area contributed by atoms with Crippen molar-refractivity contribution in [1.82, 2.24) is 10.2 Å². The van der Waals surface area contributed by atoms with Crippen molar-refractivity contribution >= 4 is 17.3 Å². The number of anilines is 2. The molecule has 2 rings (SSSR count). The standard InChI is InChI=1S/C16H26N4O/c1-13(2)11-18-16(21)12-19-7-9-20(10-8-19)15-5-3-14(17)4-6-15/h3-6,13H,7-12,17H2,1-2H3,(H,18,21). The Balaban J connectivity index is 1.75. The van der Waals surface area contributed by atoms with E-state index < -0.39 is 0 Å². The molecule has 21 heavy (non-hydrogen) atoms. The lowest BCUT2D eigenvalue weighted by molar-refractivity contribution is -0.122. The van der Waals surface area contributed by atoms with Crippen LogP contribution in [0.2, 0.25) is 0 Å². The molecule has 0 spiro atoms. The number of nitrogen functional groups attached to an aromatic ring is 1. The molecule has 0 atom stereocenters. The summed E-state index contributed by atoms with van der Waals surface area (Å²) in [6, 6.07) is 7.98. The van der Waals surface area contributed by atoms with E-state index in [0.29, 0.717) is 12.5 Å². The summed E-state index contributed by atoms with van der Waals surface area (Å²) in [5.41, 5.74) is 7.70. The minimum atomic E-state index is 0.129. The molecule has 0 aliphatic carbocycles. The summed E-state index contributed by atoms with van der Waals surface area (Å²) in [7, 11) is 0. The Labute approximate surface area is 127 Å². The van der Waals surface area contributed by atoms with Gasteiger partial charge in [-0.15, -0.1) is 0 Å². The first kappa shape index (κ1) is 15.6. The number of nitrogens with two attached hydrogens (primary N) is 1. The van der Waals surface area contributed by atoms with E-state index in [1.165, 1.54) is 5.69 Å². The molecule has 5 nitrogen and oxygen atoms in total. The van der Waals surface area contributed by atoms with Gasteiger partial charge in [-0.1, -0.05) is 13.8 Å². The second-order valence-corrected chi connectivity index (χ2v) is 6.05. The summed E-state index contributed by atoms with van der Waals surface area (Å²) in [5.74, 6) is 0.626. The second kappa shape index (κ2) is 7.31. The maximum Gasteiger partial charge on any atom is 0.234 e. The maximum absolute atomic E-state index is 11.8. The summed E-state index contributed by atoms with van der Waals surface area (Å²) >= 11 is 0. The highest BCUT2D eigenvalue weighted by Crippen LogP contribution is 2.17. The molecule has 3 N–H and O–H groups in total. The fourth-order valence-corrected chi connectivity index (χ4v) is 2.43. The van der Waals surface area contributed by atoms with Gasteiger partial charge in [0.15, 0.2) is 0 Å². The monoisotopic (exact) mass is 290 g/mol. The molecule has 0 radical (unpaired) electrons. The van der Waals surface area contributed by atoms with Crippen molar-refractivity contribution in [2.45, 2.75) is 13.8 Å². The van der Waals surface area contributed by atoms with Crippen molar-refractivity contribution in [3.05, 3.63) is 24.3 Å². The van der Waals surface area contributed by atoms with Gasteiger partial charge >= 0.3 is 0 Å². The van der Waals surface area contributed by atoms with Crippen LogP contribution in [0.1, 0.15) is 13.8 Å². The number of carbonyl (C=O) groups is 1. The zero-order valence-electron chi connectivity index (χ0n) is 13.0. The number of nitrogens with zero attached hydrogens (tertiary/aromatic N) is 2. The smallest absolute Gasteiger partial charge is 0.234 e. The molecule has 0 saturated carbocycles. The highest BCUT2D eigenvalue weighted by atomic mass is 16.2. The maximum atomic E-state index is 11.8. The van der Waals surface area contributed by atoms with Crippen LogP contribution in [0, 0.1) is 5.92 Å². The van der Waals surface area contributed by atoms with Crippen LogP contribution in [-0.2, 0) is 4.79 Å². The van der Waals surface area contributed by atoms with Gasteiger partial charge in [-0.25, -0.2) is 0 Å². The van der Waals surface area contributed by atoms with E-state index in [-0.39, 0.29) is 5.91 Å². The van der Waals surface area contributed by atoms with Crippen LogP contribution in [0.5, 0.6) is 0 Å². The first-order valence-electron chi connectivity index (χ1n) is 7.64. The molecule has 0 aromatic heterocycles. The number of carbonyl (C=O) groups excluding carboxylic acids is 1. The normalized spacial score (nSPS) is 16.2. The summed E-state index contributed by atoms with van der Waals surface area (Å²) in [4.78, 5) is 16.4. The fourth-order valence-electron chi connectivity index (χ4n) is 2.43. The first-order chi connectivity index (χ1) is 10.0. The summed E-state index contributed by atoms with van der Waals surface area (Å²) in [6.45, 7) is 9.19. The van der Waals surface area contributed by atoms with Gasteiger partial charge in [0.05, 0.1) is 6.54 Å². The zero-order valence-corrected chi connectivity index (χ0v) is 13.0. The summed E-state index contributed by atoms with van der Waals surface area (Å²) in [6.07, 6.45) is 0. The third kappa shape index (κ3) is 4.93. The van der Waals surface area contributed by atoms with Crippen LogP contribution < -0.4 is 16.0 Å². The predicted octanol–water partition coefficient (Wildman–Crippen LogP) is 1.16. The molecule has 1 amide bonds. The molecular formula is C16H26N4O. The van der Waals surface area contributed by atoms with E-state index in [1.54, 1.807) is 0 Å². The van der Waals surface area contributed by atoms with E-state index in [9.17, 15) is 4.79 Å². The van der Waals surface area contributed by atoms with Crippen LogP contribution in [0.3, 0.4) is 0 Å². The summed E-state index contributed by atoms with van der Waals surface area (Å²) < 4.78 is 0. The quantitative estimate of drug-likeness (QED) is 0.799. The van der Waals surface area contributed by atoms with E-state index in [2.05, 4.69) is 41.1 Å². The van der Waals surface area contributed by atoms with E-state index in [4.69, 9.17) is 5.73 Å². The third-order valence-corrected chi connectivity index (χ3v) is 3.71. The average molecular weight is 290 g/mol. The summed E-state index contributed by atoms with van der Waals surface area (Å²) in [5, 5.41) is 2.97. The van der Waals surface area contributed by atoms with Crippen LogP contribution in [0.15, 0.2) is 24.3 Å². The highest BCUT2D eigenvalue weighted by Gasteiger charge is 2.19. The number of benzene rings is 1. The lowest BCUT2D eigenvalue weighted by atomic mass is 10.2. The minimum absolute atomic E-state index is 0.129. The minimum Gasteiger partial charge on any atom is -0.399 e. The predicted molar refractivity (Wildman–Crippen MR) is 87.4 cm³/mol. The molecule has 1 fully saturated rings. The Morgan fingerprint density at radius 1 is 1.19 bits per heavy atom. The van der Waals surface area contributed by atoms with Gasteiger partial charge in [0.25, 0.3) is 0 Å². The number of rotatable bonds is 5. The Morgan fingerprint density at radius 2 is 1.81 bits per heavy atom. The molecule has 1 aliphatic rings. The molecule has 1 heterocycles. The number of hydrogen-bond donors (Lipinski definition) is 2.